The average molecular weight is 350 g/mol. The molecule has 1 amide bonds. The molecule has 4 nitrogen and oxygen atoms in total. The molecule has 25 heavy (non-hydrogen) atoms. The summed E-state index contributed by atoms with van der Waals surface area (Å²) >= 11 is 0. The van der Waals surface area contributed by atoms with Crippen LogP contribution in [-0.4, -0.2) is 23.4 Å². The number of aryl methyl sites for hydroxylation is 1. The molecular weight excluding hydrogens is 333 g/mol. The summed E-state index contributed by atoms with van der Waals surface area (Å²) in [6.07, 6.45) is -2.96. The summed E-state index contributed by atoms with van der Waals surface area (Å²) in [5, 5.41) is 0. The Balaban J connectivity index is 2.15. The maximum atomic E-state index is 14.5. The molecule has 0 saturated carbocycles. The quantitative estimate of drug-likeness (QED) is 0.918. The van der Waals surface area contributed by atoms with Gasteiger partial charge in [0, 0.05) is 11.1 Å². The Bertz CT molecular complexity index is 824. The molecule has 0 bridgehead atoms. The summed E-state index contributed by atoms with van der Waals surface area (Å²) < 4.78 is 45.7. The number of hydrogen-bond acceptors (Lipinski definition) is 3. The van der Waals surface area contributed by atoms with Crippen LogP contribution in [0.5, 0.6) is 5.88 Å². The molecule has 2 heterocycles. The smallest absolute Gasteiger partial charge is 0.274 e. The van der Waals surface area contributed by atoms with Crippen molar-refractivity contribution in [3.05, 3.63) is 46.9 Å². The number of carbonyl (C=O) groups excluding carboxylic acids is 1. The minimum Gasteiger partial charge on any atom is -0.468 e. The van der Waals surface area contributed by atoms with Crippen molar-refractivity contribution in [2.75, 3.05) is 0 Å². The van der Waals surface area contributed by atoms with Gasteiger partial charge in [0.2, 0.25) is 5.88 Å². The second kappa shape index (κ2) is 6.74. The summed E-state index contributed by atoms with van der Waals surface area (Å²) in [4.78, 5) is 15.5. The van der Waals surface area contributed by atoms with E-state index in [1.807, 2.05) is 6.92 Å². The van der Waals surface area contributed by atoms with E-state index in [9.17, 15) is 18.0 Å². The van der Waals surface area contributed by atoms with Crippen LogP contribution in [0.3, 0.4) is 0 Å². The van der Waals surface area contributed by atoms with E-state index < -0.39 is 24.3 Å². The monoisotopic (exact) mass is 350 g/mol. The Hall–Kier alpha value is -2.57. The fraction of sp³-hybridized carbons (Fsp3) is 0.333. The number of benzene rings is 1. The second-order valence-electron chi connectivity index (χ2n) is 5.90. The predicted molar refractivity (Wildman–Crippen MR) is 86.3 cm³/mol. The van der Waals surface area contributed by atoms with E-state index in [1.54, 1.807) is 12.1 Å². The van der Waals surface area contributed by atoms with Gasteiger partial charge in [0.15, 0.2) is 6.10 Å². The first-order chi connectivity index (χ1) is 11.9. The highest BCUT2D eigenvalue weighted by Crippen LogP contribution is 2.37. The van der Waals surface area contributed by atoms with Gasteiger partial charge in [0.1, 0.15) is 11.5 Å². The van der Waals surface area contributed by atoms with Gasteiger partial charge in [-0.2, -0.15) is 0 Å². The van der Waals surface area contributed by atoms with Gasteiger partial charge < -0.3 is 10.5 Å². The Morgan fingerprint density at radius 1 is 1.36 bits per heavy atom. The lowest BCUT2D eigenvalue weighted by Crippen LogP contribution is -2.31. The van der Waals surface area contributed by atoms with Gasteiger partial charge in [-0.05, 0) is 42.5 Å². The summed E-state index contributed by atoms with van der Waals surface area (Å²) in [6.45, 7) is 1.91. The number of alkyl halides is 2. The van der Waals surface area contributed by atoms with Gasteiger partial charge in [0.25, 0.3) is 12.3 Å². The fourth-order valence-corrected chi connectivity index (χ4v) is 2.92. The van der Waals surface area contributed by atoms with E-state index in [0.717, 1.165) is 5.56 Å². The molecule has 1 atom stereocenters. The molecule has 1 aliphatic heterocycles. The van der Waals surface area contributed by atoms with Crippen LogP contribution in [0.15, 0.2) is 24.3 Å². The standard InChI is InChI=1S/C18H17F3N2O2/c1-2-9-3-4-10(13(19)7-9)12-8-14(17(22)24)23-18-11(12)5-6-15(25-18)16(20)21/h3-4,7-8,15-16H,2,5-6H2,1H3,(H2,22,24)/t15-/m1/s1. The van der Waals surface area contributed by atoms with Crippen molar-refractivity contribution in [1.82, 2.24) is 4.98 Å². The van der Waals surface area contributed by atoms with Crippen molar-refractivity contribution in [1.29, 1.82) is 0 Å². The van der Waals surface area contributed by atoms with Gasteiger partial charge >= 0.3 is 0 Å². The third kappa shape index (κ3) is 3.31. The largest absolute Gasteiger partial charge is 0.468 e. The topological polar surface area (TPSA) is 65.2 Å². The molecule has 1 aliphatic rings. The van der Waals surface area contributed by atoms with E-state index in [2.05, 4.69) is 4.98 Å². The zero-order chi connectivity index (χ0) is 18.1. The zero-order valence-corrected chi connectivity index (χ0v) is 13.6. The van der Waals surface area contributed by atoms with E-state index in [1.165, 1.54) is 12.1 Å². The number of aromatic nitrogens is 1. The van der Waals surface area contributed by atoms with Gasteiger partial charge in [-0.25, -0.2) is 18.2 Å². The maximum absolute atomic E-state index is 14.5. The summed E-state index contributed by atoms with van der Waals surface area (Å²) in [5.41, 5.74) is 7.11. The van der Waals surface area contributed by atoms with Crippen LogP contribution in [0.2, 0.25) is 0 Å². The number of pyridine rings is 1. The summed E-state index contributed by atoms with van der Waals surface area (Å²) in [6, 6.07) is 6.18. The van der Waals surface area contributed by atoms with E-state index in [0.29, 0.717) is 17.5 Å². The highest BCUT2D eigenvalue weighted by atomic mass is 19.3. The number of carbonyl (C=O) groups is 1. The summed E-state index contributed by atoms with van der Waals surface area (Å²) in [7, 11) is 0. The second-order valence-corrected chi connectivity index (χ2v) is 5.90. The Labute approximate surface area is 142 Å². The number of nitrogens with zero attached hydrogens (tertiary/aromatic N) is 1. The van der Waals surface area contributed by atoms with E-state index >= 15 is 0 Å². The number of hydrogen-bond donors (Lipinski definition) is 1. The molecule has 0 unspecified atom stereocenters. The first kappa shape index (κ1) is 17.3. The van der Waals surface area contributed by atoms with Crippen LogP contribution >= 0.6 is 0 Å². The molecule has 0 radical (unpaired) electrons. The highest BCUT2D eigenvalue weighted by molar-refractivity contribution is 5.93. The van der Waals surface area contributed by atoms with Crippen molar-refractivity contribution in [3.63, 3.8) is 0 Å². The molecule has 1 aromatic carbocycles. The van der Waals surface area contributed by atoms with Gasteiger partial charge in [0.05, 0.1) is 0 Å². The molecule has 0 spiro atoms. The first-order valence-corrected chi connectivity index (χ1v) is 7.98. The lowest BCUT2D eigenvalue weighted by Gasteiger charge is -2.26. The van der Waals surface area contributed by atoms with Crippen molar-refractivity contribution in [2.24, 2.45) is 5.73 Å². The SMILES string of the molecule is CCc1ccc(-c2cc(C(N)=O)nc3c2CC[C@H](C(F)F)O3)c(F)c1. The molecule has 0 fully saturated rings. The molecule has 7 heteroatoms. The number of fused-ring (bicyclic) bond motifs is 1. The van der Waals surface area contributed by atoms with E-state index in [4.69, 9.17) is 10.5 Å². The normalized spacial score (nSPS) is 16.4. The molecule has 2 N–H and O–H groups in total. The van der Waals surface area contributed by atoms with Gasteiger partial charge in [-0.3, -0.25) is 4.79 Å². The van der Waals surface area contributed by atoms with Crippen molar-refractivity contribution >= 4 is 5.91 Å². The number of primary amides is 1. The molecule has 132 valence electrons. The maximum Gasteiger partial charge on any atom is 0.274 e. The summed E-state index contributed by atoms with van der Waals surface area (Å²) in [5.74, 6) is -1.38. The molecule has 3 rings (SSSR count). The molecule has 2 aromatic rings. The number of amides is 1. The third-order valence-corrected chi connectivity index (χ3v) is 4.29. The predicted octanol–water partition coefficient (Wildman–Crippen LogP) is 3.51. The van der Waals surface area contributed by atoms with Crippen molar-refractivity contribution in [3.8, 4) is 17.0 Å². The van der Waals surface area contributed by atoms with Crippen LogP contribution < -0.4 is 10.5 Å². The number of ether oxygens (including phenoxy) is 1. The third-order valence-electron chi connectivity index (χ3n) is 4.29. The number of rotatable bonds is 4. The van der Waals surface area contributed by atoms with Crippen LogP contribution in [-0.2, 0) is 12.8 Å². The van der Waals surface area contributed by atoms with Crippen LogP contribution in [0, 0.1) is 5.82 Å². The minimum atomic E-state index is -2.67. The lowest BCUT2D eigenvalue weighted by molar-refractivity contribution is -0.00215. The Morgan fingerprint density at radius 3 is 2.72 bits per heavy atom. The average Bonchev–Trinajstić information content (AvgIpc) is 2.60. The molecule has 0 saturated heterocycles. The number of halogens is 3. The lowest BCUT2D eigenvalue weighted by atomic mass is 9.93. The molecular formula is C18H17F3N2O2. The minimum absolute atomic E-state index is 0.0816. The fourth-order valence-electron chi connectivity index (χ4n) is 2.92. The van der Waals surface area contributed by atoms with E-state index in [-0.39, 0.29) is 30.0 Å². The van der Waals surface area contributed by atoms with Crippen LogP contribution in [0.25, 0.3) is 11.1 Å². The Kier molecular flexibility index (Phi) is 4.65. The van der Waals surface area contributed by atoms with Crippen LogP contribution in [0.1, 0.15) is 35.0 Å². The highest BCUT2D eigenvalue weighted by Gasteiger charge is 2.31. The van der Waals surface area contributed by atoms with Crippen LogP contribution in [0.4, 0.5) is 13.2 Å². The first-order valence-electron chi connectivity index (χ1n) is 7.98. The Morgan fingerprint density at radius 2 is 2.12 bits per heavy atom. The molecule has 0 aliphatic carbocycles. The number of nitrogens with two attached hydrogens (primary N) is 1. The zero-order valence-electron chi connectivity index (χ0n) is 13.6. The van der Waals surface area contributed by atoms with Gasteiger partial charge in [-0.15, -0.1) is 0 Å². The van der Waals surface area contributed by atoms with Crippen molar-refractivity contribution in [2.45, 2.75) is 38.7 Å². The van der Waals surface area contributed by atoms with Crippen molar-refractivity contribution < 1.29 is 22.7 Å². The molecule has 1 aromatic heterocycles. The van der Waals surface area contributed by atoms with Gasteiger partial charge in [-0.1, -0.05) is 19.1 Å².